The van der Waals surface area contributed by atoms with Crippen molar-refractivity contribution < 1.29 is 4.74 Å². The zero-order valence-corrected chi connectivity index (χ0v) is 10.7. The first kappa shape index (κ1) is 12.3. The van der Waals surface area contributed by atoms with Crippen molar-refractivity contribution in [3.05, 3.63) is 0 Å². The summed E-state index contributed by atoms with van der Waals surface area (Å²) in [6, 6.07) is 0.578. The van der Waals surface area contributed by atoms with Gasteiger partial charge in [-0.2, -0.15) is 0 Å². The van der Waals surface area contributed by atoms with E-state index in [2.05, 4.69) is 24.2 Å². The monoisotopic (exact) mass is 226 g/mol. The second-order valence-corrected chi connectivity index (χ2v) is 5.48. The summed E-state index contributed by atoms with van der Waals surface area (Å²) in [5, 5.41) is 3.53. The van der Waals surface area contributed by atoms with Gasteiger partial charge in [0.05, 0.1) is 13.2 Å². The number of likely N-dealkylation sites (N-methyl/N-ethyl adjacent to an activating group) is 1. The van der Waals surface area contributed by atoms with Gasteiger partial charge in [0.15, 0.2) is 0 Å². The van der Waals surface area contributed by atoms with Crippen molar-refractivity contribution >= 4 is 0 Å². The highest BCUT2D eigenvalue weighted by Crippen LogP contribution is 2.27. The van der Waals surface area contributed by atoms with Crippen LogP contribution in [0.4, 0.5) is 0 Å². The maximum atomic E-state index is 5.58. The smallest absolute Gasteiger partial charge is 0.0623 e. The molecule has 2 rings (SSSR count). The molecular weight excluding hydrogens is 200 g/mol. The average Bonchev–Trinajstić information content (AvgIpc) is 2.60. The van der Waals surface area contributed by atoms with Gasteiger partial charge < -0.3 is 15.0 Å². The lowest BCUT2D eigenvalue weighted by Gasteiger charge is -2.32. The highest BCUT2D eigenvalue weighted by Gasteiger charge is 2.29. The first-order chi connectivity index (χ1) is 7.79. The number of hydrogen-bond donors (Lipinski definition) is 1. The van der Waals surface area contributed by atoms with Crippen LogP contribution in [0.3, 0.4) is 0 Å². The van der Waals surface area contributed by atoms with E-state index in [0.717, 1.165) is 25.7 Å². The van der Waals surface area contributed by atoms with Crippen molar-refractivity contribution in [1.29, 1.82) is 0 Å². The Labute approximate surface area is 99.5 Å². The van der Waals surface area contributed by atoms with E-state index in [1.807, 2.05) is 0 Å². The molecule has 0 aromatic heterocycles. The van der Waals surface area contributed by atoms with Gasteiger partial charge in [0.25, 0.3) is 0 Å². The predicted octanol–water partition coefficient (Wildman–Crippen LogP) is 1.34. The SMILES string of the molecule is CCNC1COCC1CN(C)CC1CCC1. The first-order valence-corrected chi connectivity index (χ1v) is 6.79. The van der Waals surface area contributed by atoms with Crippen LogP contribution in [0, 0.1) is 11.8 Å². The Kier molecular flexibility index (Phi) is 4.62. The van der Waals surface area contributed by atoms with Gasteiger partial charge in [0, 0.05) is 25.0 Å². The molecule has 0 radical (unpaired) electrons. The molecule has 3 nitrogen and oxygen atoms in total. The lowest BCUT2D eigenvalue weighted by atomic mass is 9.85. The summed E-state index contributed by atoms with van der Waals surface area (Å²) < 4.78 is 5.58. The minimum absolute atomic E-state index is 0.578. The van der Waals surface area contributed by atoms with Gasteiger partial charge in [0.2, 0.25) is 0 Å². The Hall–Kier alpha value is -0.120. The van der Waals surface area contributed by atoms with Crippen LogP contribution in [-0.2, 0) is 4.74 Å². The molecule has 2 fully saturated rings. The molecule has 2 unspecified atom stereocenters. The molecular formula is C13H26N2O. The molecule has 1 N–H and O–H groups in total. The normalized spacial score (nSPS) is 30.9. The summed E-state index contributed by atoms with van der Waals surface area (Å²) in [5.41, 5.74) is 0. The molecule has 3 heteroatoms. The fourth-order valence-electron chi connectivity index (χ4n) is 2.86. The number of ether oxygens (including phenoxy) is 1. The molecule has 1 saturated heterocycles. The third-order valence-electron chi connectivity index (χ3n) is 4.01. The van der Waals surface area contributed by atoms with Crippen molar-refractivity contribution in [3.63, 3.8) is 0 Å². The second-order valence-electron chi connectivity index (χ2n) is 5.48. The summed E-state index contributed by atoms with van der Waals surface area (Å²) in [6.07, 6.45) is 4.34. The van der Waals surface area contributed by atoms with E-state index in [4.69, 9.17) is 4.74 Å². The molecule has 16 heavy (non-hydrogen) atoms. The molecule has 0 amide bonds. The molecule has 1 aliphatic heterocycles. The van der Waals surface area contributed by atoms with Crippen molar-refractivity contribution in [2.75, 3.05) is 39.9 Å². The van der Waals surface area contributed by atoms with Crippen LogP contribution in [0.5, 0.6) is 0 Å². The van der Waals surface area contributed by atoms with Gasteiger partial charge in [-0.3, -0.25) is 0 Å². The summed E-state index contributed by atoms with van der Waals surface area (Å²) in [5.74, 6) is 1.66. The van der Waals surface area contributed by atoms with Crippen molar-refractivity contribution in [2.45, 2.75) is 32.2 Å². The summed E-state index contributed by atoms with van der Waals surface area (Å²) in [4.78, 5) is 2.51. The van der Waals surface area contributed by atoms with Gasteiger partial charge in [-0.15, -0.1) is 0 Å². The van der Waals surface area contributed by atoms with Crippen LogP contribution in [0.1, 0.15) is 26.2 Å². The quantitative estimate of drug-likeness (QED) is 0.740. The summed E-state index contributed by atoms with van der Waals surface area (Å²) in [6.45, 7) is 7.54. The lowest BCUT2D eigenvalue weighted by molar-refractivity contribution is 0.157. The van der Waals surface area contributed by atoms with Crippen LogP contribution in [0.15, 0.2) is 0 Å². The zero-order chi connectivity index (χ0) is 11.4. The Morgan fingerprint density at radius 2 is 2.06 bits per heavy atom. The first-order valence-electron chi connectivity index (χ1n) is 6.79. The van der Waals surface area contributed by atoms with E-state index in [9.17, 15) is 0 Å². The number of hydrogen-bond acceptors (Lipinski definition) is 3. The van der Waals surface area contributed by atoms with Crippen molar-refractivity contribution in [3.8, 4) is 0 Å². The van der Waals surface area contributed by atoms with Crippen LogP contribution in [-0.4, -0.2) is 50.8 Å². The average molecular weight is 226 g/mol. The minimum Gasteiger partial charge on any atom is -0.379 e. The molecule has 2 atom stereocenters. The van der Waals surface area contributed by atoms with Gasteiger partial charge >= 0.3 is 0 Å². The maximum Gasteiger partial charge on any atom is 0.0623 e. The summed E-state index contributed by atoms with van der Waals surface area (Å²) in [7, 11) is 2.26. The fraction of sp³-hybridized carbons (Fsp3) is 1.00. The molecule has 1 aliphatic carbocycles. The van der Waals surface area contributed by atoms with Crippen LogP contribution in [0.2, 0.25) is 0 Å². The fourth-order valence-corrected chi connectivity index (χ4v) is 2.86. The van der Waals surface area contributed by atoms with Crippen molar-refractivity contribution in [2.24, 2.45) is 11.8 Å². The van der Waals surface area contributed by atoms with Crippen LogP contribution >= 0.6 is 0 Å². The second kappa shape index (κ2) is 5.99. The van der Waals surface area contributed by atoms with E-state index in [1.54, 1.807) is 0 Å². The Bertz CT molecular complexity index is 206. The van der Waals surface area contributed by atoms with E-state index < -0.39 is 0 Å². The van der Waals surface area contributed by atoms with Gasteiger partial charge in [-0.1, -0.05) is 13.3 Å². The Balaban J connectivity index is 1.69. The van der Waals surface area contributed by atoms with Crippen LogP contribution < -0.4 is 5.32 Å². The molecule has 0 aromatic carbocycles. The predicted molar refractivity (Wildman–Crippen MR) is 66.6 cm³/mol. The highest BCUT2D eigenvalue weighted by molar-refractivity contribution is 4.83. The number of nitrogens with zero attached hydrogens (tertiary/aromatic N) is 1. The van der Waals surface area contributed by atoms with Crippen LogP contribution in [0.25, 0.3) is 0 Å². The molecule has 1 saturated carbocycles. The topological polar surface area (TPSA) is 24.5 Å². The van der Waals surface area contributed by atoms with Crippen molar-refractivity contribution in [1.82, 2.24) is 10.2 Å². The molecule has 0 spiro atoms. The molecule has 94 valence electrons. The Morgan fingerprint density at radius 3 is 2.69 bits per heavy atom. The standard InChI is InChI=1S/C13H26N2O/c1-3-14-13-10-16-9-12(13)8-15(2)7-11-5-4-6-11/h11-14H,3-10H2,1-2H3. The summed E-state index contributed by atoms with van der Waals surface area (Å²) >= 11 is 0. The van der Waals surface area contributed by atoms with E-state index in [0.29, 0.717) is 12.0 Å². The lowest BCUT2D eigenvalue weighted by Crippen LogP contribution is -2.42. The highest BCUT2D eigenvalue weighted by atomic mass is 16.5. The largest absolute Gasteiger partial charge is 0.379 e. The van der Waals surface area contributed by atoms with E-state index in [-0.39, 0.29) is 0 Å². The van der Waals surface area contributed by atoms with E-state index in [1.165, 1.54) is 32.4 Å². The Morgan fingerprint density at radius 1 is 1.25 bits per heavy atom. The third kappa shape index (κ3) is 3.19. The third-order valence-corrected chi connectivity index (χ3v) is 4.01. The molecule has 2 aliphatic rings. The number of rotatable bonds is 6. The van der Waals surface area contributed by atoms with Gasteiger partial charge in [0.1, 0.15) is 0 Å². The number of nitrogens with one attached hydrogen (secondary N) is 1. The van der Waals surface area contributed by atoms with Gasteiger partial charge in [-0.25, -0.2) is 0 Å². The van der Waals surface area contributed by atoms with Gasteiger partial charge in [-0.05, 0) is 32.4 Å². The molecule has 0 aromatic rings. The minimum atomic E-state index is 0.578. The molecule has 0 bridgehead atoms. The maximum absolute atomic E-state index is 5.58. The molecule has 1 heterocycles. The zero-order valence-electron chi connectivity index (χ0n) is 10.7. The van der Waals surface area contributed by atoms with E-state index >= 15 is 0 Å².